The predicted molar refractivity (Wildman–Crippen MR) is 81.5 cm³/mol. The zero-order chi connectivity index (χ0) is 16.0. The van der Waals surface area contributed by atoms with E-state index in [0.717, 1.165) is 0 Å². The van der Waals surface area contributed by atoms with E-state index in [4.69, 9.17) is 9.15 Å². The lowest BCUT2D eigenvalue weighted by atomic mass is 9.95. The monoisotopic (exact) mass is 303 g/mol. The third kappa shape index (κ3) is 3.83. The van der Waals surface area contributed by atoms with Gasteiger partial charge >= 0.3 is 0 Å². The molecule has 1 atom stereocenters. The number of methoxy groups -OCH3 is 1. The van der Waals surface area contributed by atoms with Crippen LogP contribution in [0, 0.1) is 5.82 Å². The molecule has 1 heterocycles. The Morgan fingerprint density at radius 3 is 2.77 bits per heavy atom. The van der Waals surface area contributed by atoms with E-state index in [9.17, 15) is 9.18 Å². The standard InChI is InChI=1S/C17H18FNO3/c1-17(21-2,14-7-3-4-8-15(14)18)12-19-16(20)10-9-13-6-5-11-22-13/h3-11H,12H2,1-2H3,(H,19,20)/b10-9+/t17-/m1/s1. The molecule has 0 aliphatic rings. The van der Waals surface area contributed by atoms with Gasteiger partial charge in [0.2, 0.25) is 5.91 Å². The number of hydrogen-bond donors (Lipinski definition) is 1. The number of nitrogens with one attached hydrogen (secondary N) is 1. The average Bonchev–Trinajstić information content (AvgIpc) is 3.04. The van der Waals surface area contributed by atoms with E-state index in [-0.39, 0.29) is 18.3 Å². The van der Waals surface area contributed by atoms with E-state index >= 15 is 0 Å². The van der Waals surface area contributed by atoms with Crippen LogP contribution in [0.25, 0.3) is 6.08 Å². The number of carbonyl (C=O) groups is 1. The molecule has 0 fully saturated rings. The van der Waals surface area contributed by atoms with Crippen LogP contribution >= 0.6 is 0 Å². The normalized spacial score (nSPS) is 14.0. The summed E-state index contributed by atoms with van der Waals surface area (Å²) in [6.07, 6.45) is 4.44. The quantitative estimate of drug-likeness (QED) is 0.834. The number of benzene rings is 1. The van der Waals surface area contributed by atoms with Crippen LogP contribution in [-0.4, -0.2) is 19.6 Å². The van der Waals surface area contributed by atoms with Gasteiger partial charge in [0.15, 0.2) is 0 Å². The first-order chi connectivity index (χ1) is 10.5. The second-order valence-electron chi connectivity index (χ2n) is 4.98. The molecule has 22 heavy (non-hydrogen) atoms. The fourth-order valence-electron chi connectivity index (χ4n) is 2.03. The molecule has 0 saturated heterocycles. The fraction of sp³-hybridized carbons (Fsp3) is 0.235. The van der Waals surface area contributed by atoms with Crippen molar-refractivity contribution in [2.45, 2.75) is 12.5 Å². The predicted octanol–water partition coefficient (Wildman–Crippen LogP) is 3.11. The second kappa shape index (κ2) is 7.04. The third-order valence-electron chi connectivity index (χ3n) is 3.44. The molecule has 116 valence electrons. The Bertz CT molecular complexity index is 652. The molecule has 0 aliphatic carbocycles. The number of rotatable bonds is 6. The van der Waals surface area contributed by atoms with E-state index in [2.05, 4.69) is 5.32 Å². The van der Waals surface area contributed by atoms with Crippen LogP contribution in [-0.2, 0) is 15.1 Å². The summed E-state index contributed by atoms with van der Waals surface area (Å²) in [5.74, 6) is -0.0954. The van der Waals surface area contributed by atoms with Gasteiger partial charge in [-0.15, -0.1) is 0 Å². The molecule has 0 aliphatic heterocycles. The number of amides is 1. The zero-order valence-corrected chi connectivity index (χ0v) is 12.5. The van der Waals surface area contributed by atoms with E-state index in [0.29, 0.717) is 11.3 Å². The second-order valence-corrected chi connectivity index (χ2v) is 4.98. The Balaban J connectivity index is 2.01. The molecule has 0 radical (unpaired) electrons. The van der Waals surface area contributed by atoms with Gasteiger partial charge in [-0.3, -0.25) is 4.79 Å². The zero-order valence-electron chi connectivity index (χ0n) is 12.5. The van der Waals surface area contributed by atoms with Gasteiger partial charge < -0.3 is 14.5 Å². The summed E-state index contributed by atoms with van der Waals surface area (Å²) in [7, 11) is 1.48. The molecule has 2 aromatic rings. The van der Waals surface area contributed by atoms with Crippen molar-refractivity contribution in [2.24, 2.45) is 0 Å². The molecular formula is C17H18FNO3. The van der Waals surface area contributed by atoms with Crippen molar-refractivity contribution in [1.29, 1.82) is 0 Å². The molecule has 2 rings (SSSR count). The van der Waals surface area contributed by atoms with E-state index in [1.54, 1.807) is 43.3 Å². The summed E-state index contributed by atoms with van der Waals surface area (Å²) in [5.41, 5.74) is -0.549. The molecule has 0 unspecified atom stereocenters. The molecule has 0 saturated carbocycles. The summed E-state index contributed by atoms with van der Waals surface area (Å²) in [6, 6.07) is 9.82. The maximum absolute atomic E-state index is 13.9. The lowest BCUT2D eigenvalue weighted by Crippen LogP contribution is -2.40. The summed E-state index contributed by atoms with van der Waals surface area (Å²) in [4.78, 5) is 11.8. The van der Waals surface area contributed by atoms with E-state index < -0.39 is 5.60 Å². The average molecular weight is 303 g/mol. The number of furan rings is 1. The topological polar surface area (TPSA) is 51.5 Å². The van der Waals surface area contributed by atoms with Crippen molar-refractivity contribution < 1.29 is 18.3 Å². The van der Waals surface area contributed by atoms with Crippen molar-refractivity contribution in [3.05, 3.63) is 65.9 Å². The molecule has 1 aromatic heterocycles. The first kappa shape index (κ1) is 16.0. The van der Waals surface area contributed by atoms with Crippen LogP contribution in [0.1, 0.15) is 18.2 Å². The molecule has 1 amide bonds. The highest BCUT2D eigenvalue weighted by Crippen LogP contribution is 2.26. The van der Waals surface area contributed by atoms with E-state index in [1.807, 2.05) is 0 Å². The Morgan fingerprint density at radius 2 is 2.14 bits per heavy atom. The van der Waals surface area contributed by atoms with Crippen molar-refractivity contribution in [1.82, 2.24) is 5.32 Å². The van der Waals surface area contributed by atoms with Gasteiger partial charge in [0.1, 0.15) is 17.2 Å². The minimum atomic E-state index is -0.945. The first-order valence-corrected chi connectivity index (χ1v) is 6.85. The molecule has 5 heteroatoms. The Hall–Kier alpha value is -2.40. The number of carbonyl (C=O) groups excluding carboxylic acids is 1. The van der Waals surface area contributed by atoms with Crippen LogP contribution in [0.3, 0.4) is 0 Å². The van der Waals surface area contributed by atoms with Crippen molar-refractivity contribution >= 4 is 12.0 Å². The highest BCUT2D eigenvalue weighted by atomic mass is 19.1. The van der Waals surface area contributed by atoms with Crippen LogP contribution in [0.5, 0.6) is 0 Å². The summed E-state index contributed by atoms with van der Waals surface area (Å²) in [6.45, 7) is 1.87. The van der Waals surface area contributed by atoms with Crippen LogP contribution in [0.15, 0.2) is 53.2 Å². The van der Waals surface area contributed by atoms with Crippen LogP contribution in [0.2, 0.25) is 0 Å². The molecule has 0 bridgehead atoms. The smallest absolute Gasteiger partial charge is 0.244 e. The van der Waals surface area contributed by atoms with Crippen LogP contribution < -0.4 is 5.32 Å². The third-order valence-corrected chi connectivity index (χ3v) is 3.44. The van der Waals surface area contributed by atoms with Gasteiger partial charge in [0, 0.05) is 18.7 Å². The maximum Gasteiger partial charge on any atom is 0.244 e. The Kier molecular flexibility index (Phi) is 5.12. The van der Waals surface area contributed by atoms with Gasteiger partial charge in [0.25, 0.3) is 0 Å². The molecule has 0 spiro atoms. The lowest BCUT2D eigenvalue weighted by Gasteiger charge is -2.29. The van der Waals surface area contributed by atoms with Crippen LogP contribution in [0.4, 0.5) is 4.39 Å². The minimum absolute atomic E-state index is 0.145. The summed E-state index contributed by atoms with van der Waals surface area (Å²) >= 11 is 0. The first-order valence-electron chi connectivity index (χ1n) is 6.85. The van der Waals surface area contributed by atoms with Crippen molar-refractivity contribution in [3.63, 3.8) is 0 Å². The molecule has 1 aromatic carbocycles. The van der Waals surface area contributed by atoms with Gasteiger partial charge in [-0.1, -0.05) is 18.2 Å². The van der Waals surface area contributed by atoms with Gasteiger partial charge in [-0.25, -0.2) is 4.39 Å². The number of halogens is 1. The highest BCUT2D eigenvalue weighted by Gasteiger charge is 2.29. The molecule has 1 N–H and O–H groups in total. The Morgan fingerprint density at radius 1 is 1.36 bits per heavy atom. The summed E-state index contributed by atoms with van der Waals surface area (Å²) < 4.78 is 24.4. The fourth-order valence-corrected chi connectivity index (χ4v) is 2.03. The van der Waals surface area contributed by atoms with Crippen molar-refractivity contribution in [3.8, 4) is 0 Å². The van der Waals surface area contributed by atoms with Gasteiger partial charge in [0.05, 0.1) is 12.8 Å². The molecule has 4 nitrogen and oxygen atoms in total. The lowest BCUT2D eigenvalue weighted by molar-refractivity contribution is -0.118. The largest absolute Gasteiger partial charge is 0.465 e. The van der Waals surface area contributed by atoms with Gasteiger partial charge in [-0.2, -0.15) is 0 Å². The number of hydrogen-bond acceptors (Lipinski definition) is 3. The minimum Gasteiger partial charge on any atom is -0.465 e. The Labute approximate surface area is 128 Å². The number of ether oxygens (including phenoxy) is 1. The summed E-state index contributed by atoms with van der Waals surface area (Å²) in [5, 5.41) is 2.70. The molecular weight excluding hydrogens is 285 g/mol. The maximum atomic E-state index is 13.9. The SMILES string of the molecule is CO[C@](C)(CNC(=O)/C=C/c1ccco1)c1ccccc1F. The van der Waals surface area contributed by atoms with Crippen molar-refractivity contribution in [2.75, 3.05) is 13.7 Å². The van der Waals surface area contributed by atoms with Gasteiger partial charge in [-0.05, 0) is 31.2 Å². The van der Waals surface area contributed by atoms with E-state index in [1.165, 1.54) is 25.5 Å². The highest BCUT2D eigenvalue weighted by molar-refractivity contribution is 5.91.